The molecule has 0 saturated carbocycles. The van der Waals surface area contributed by atoms with E-state index in [1.165, 1.54) is 11.8 Å². The summed E-state index contributed by atoms with van der Waals surface area (Å²) < 4.78 is 22.4. The molecular weight excluding hydrogens is 198 g/mol. The number of fused-ring (bicyclic) bond motifs is 1. The first kappa shape index (κ1) is 9.68. The summed E-state index contributed by atoms with van der Waals surface area (Å²) >= 11 is 0. The van der Waals surface area contributed by atoms with Crippen LogP contribution in [0.25, 0.3) is 0 Å². The number of benzene rings is 1. The lowest BCUT2D eigenvalue weighted by atomic mass is 10.1. The van der Waals surface area contributed by atoms with Crippen LogP contribution >= 0.6 is 0 Å². The van der Waals surface area contributed by atoms with Gasteiger partial charge in [-0.2, -0.15) is 0 Å². The quantitative estimate of drug-likeness (QED) is 0.788. The van der Waals surface area contributed by atoms with Crippen LogP contribution in [-0.4, -0.2) is 14.7 Å². The van der Waals surface area contributed by atoms with Crippen LogP contribution in [-0.2, 0) is 28.7 Å². The molecule has 0 aliphatic carbocycles. The number of hydrogen-bond donors (Lipinski definition) is 1. The molecule has 0 unspecified atom stereocenters. The molecule has 1 heterocycles. The molecule has 0 spiro atoms. The molecule has 0 amide bonds. The van der Waals surface area contributed by atoms with E-state index in [9.17, 15) is 8.42 Å². The van der Waals surface area contributed by atoms with Gasteiger partial charge in [-0.15, -0.1) is 0 Å². The summed E-state index contributed by atoms with van der Waals surface area (Å²) in [5, 5.41) is 3.22. The Labute approximate surface area is 84.1 Å². The molecule has 0 radical (unpaired) electrons. The predicted octanol–water partition coefficient (Wildman–Crippen LogP) is 0.834. The summed E-state index contributed by atoms with van der Waals surface area (Å²) in [6.07, 6.45) is 1.27. The molecule has 1 aromatic carbocycles. The van der Waals surface area contributed by atoms with Crippen molar-refractivity contribution in [2.75, 3.05) is 6.26 Å². The van der Waals surface area contributed by atoms with Crippen molar-refractivity contribution in [3.05, 3.63) is 34.9 Å². The van der Waals surface area contributed by atoms with Gasteiger partial charge in [0.05, 0.1) is 5.75 Å². The van der Waals surface area contributed by atoms with Crippen molar-refractivity contribution in [3.8, 4) is 0 Å². The maximum atomic E-state index is 11.2. The zero-order valence-corrected chi connectivity index (χ0v) is 8.89. The lowest BCUT2D eigenvalue weighted by Crippen LogP contribution is -2.05. The van der Waals surface area contributed by atoms with E-state index in [1.807, 2.05) is 18.2 Å². The van der Waals surface area contributed by atoms with Gasteiger partial charge in [0.25, 0.3) is 0 Å². The summed E-state index contributed by atoms with van der Waals surface area (Å²) in [6, 6.07) is 5.86. The Hall–Kier alpha value is -0.870. The average Bonchev–Trinajstić information content (AvgIpc) is 2.49. The molecule has 1 aliphatic heterocycles. The van der Waals surface area contributed by atoms with Crippen molar-refractivity contribution in [1.82, 2.24) is 5.32 Å². The summed E-state index contributed by atoms with van der Waals surface area (Å²) in [5.41, 5.74) is 3.33. The van der Waals surface area contributed by atoms with E-state index >= 15 is 0 Å². The van der Waals surface area contributed by atoms with Crippen molar-refractivity contribution in [2.24, 2.45) is 0 Å². The molecule has 0 atom stereocenters. The van der Waals surface area contributed by atoms with Crippen LogP contribution in [0.4, 0.5) is 0 Å². The third kappa shape index (κ3) is 1.96. The second-order valence-corrected chi connectivity index (χ2v) is 5.87. The Morgan fingerprint density at radius 3 is 2.86 bits per heavy atom. The monoisotopic (exact) mass is 211 g/mol. The fraction of sp³-hybridized carbons (Fsp3) is 0.400. The van der Waals surface area contributed by atoms with Gasteiger partial charge >= 0.3 is 0 Å². The van der Waals surface area contributed by atoms with Crippen molar-refractivity contribution in [1.29, 1.82) is 0 Å². The zero-order valence-electron chi connectivity index (χ0n) is 8.08. The normalized spacial score (nSPS) is 15.5. The second kappa shape index (κ2) is 3.37. The number of rotatable bonds is 2. The minimum atomic E-state index is -2.93. The zero-order chi connectivity index (χ0) is 10.2. The third-order valence-electron chi connectivity index (χ3n) is 2.40. The van der Waals surface area contributed by atoms with E-state index in [2.05, 4.69) is 5.32 Å². The molecule has 0 saturated heterocycles. The van der Waals surface area contributed by atoms with Crippen LogP contribution in [0, 0.1) is 0 Å². The van der Waals surface area contributed by atoms with Gasteiger partial charge in [0.1, 0.15) is 0 Å². The summed E-state index contributed by atoms with van der Waals surface area (Å²) in [7, 11) is -2.93. The summed E-state index contributed by atoms with van der Waals surface area (Å²) in [5.74, 6) is 0.151. The summed E-state index contributed by atoms with van der Waals surface area (Å²) in [6.45, 7) is 1.65. The number of sulfone groups is 1. The van der Waals surface area contributed by atoms with Crippen molar-refractivity contribution >= 4 is 9.84 Å². The Morgan fingerprint density at radius 2 is 2.14 bits per heavy atom. The highest BCUT2D eigenvalue weighted by Crippen LogP contribution is 2.21. The highest BCUT2D eigenvalue weighted by molar-refractivity contribution is 7.89. The second-order valence-electron chi connectivity index (χ2n) is 3.73. The molecule has 14 heavy (non-hydrogen) atoms. The van der Waals surface area contributed by atoms with Gasteiger partial charge in [0.2, 0.25) is 0 Å². The van der Waals surface area contributed by atoms with Gasteiger partial charge < -0.3 is 5.32 Å². The third-order valence-corrected chi connectivity index (χ3v) is 3.24. The van der Waals surface area contributed by atoms with Crippen LogP contribution in [0.2, 0.25) is 0 Å². The molecule has 2 rings (SSSR count). The first-order chi connectivity index (χ1) is 6.56. The fourth-order valence-corrected chi connectivity index (χ4v) is 2.66. The van der Waals surface area contributed by atoms with Gasteiger partial charge in [-0.05, 0) is 16.7 Å². The van der Waals surface area contributed by atoms with Crippen molar-refractivity contribution in [3.63, 3.8) is 0 Å². The summed E-state index contributed by atoms with van der Waals surface area (Å²) in [4.78, 5) is 0. The van der Waals surface area contributed by atoms with E-state index in [0.29, 0.717) is 0 Å². The van der Waals surface area contributed by atoms with E-state index < -0.39 is 9.84 Å². The SMILES string of the molecule is CS(=O)(=O)Cc1cccc2c1CNC2. The van der Waals surface area contributed by atoms with Gasteiger partial charge in [0.15, 0.2) is 9.84 Å². The van der Waals surface area contributed by atoms with Crippen LogP contribution in [0.3, 0.4) is 0 Å². The first-order valence-electron chi connectivity index (χ1n) is 4.54. The minimum absolute atomic E-state index is 0.151. The van der Waals surface area contributed by atoms with Crippen LogP contribution < -0.4 is 5.32 Å². The average molecular weight is 211 g/mol. The Morgan fingerprint density at radius 1 is 1.36 bits per heavy atom. The largest absolute Gasteiger partial charge is 0.309 e. The fourth-order valence-electron chi connectivity index (χ4n) is 1.82. The first-order valence-corrected chi connectivity index (χ1v) is 6.60. The number of hydrogen-bond acceptors (Lipinski definition) is 3. The Balaban J connectivity index is 2.40. The maximum Gasteiger partial charge on any atom is 0.151 e. The van der Waals surface area contributed by atoms with Crippen LogP contribution in [0.5, 0.6) is 0 Å². The standard InChI is InChI=1S/C10H13NO2S/c1-14(12,13)7-9-4-2-3-8-5-11-6-10(8)9/h2-4,11H,5-7H2,1H3. The molecule has 1 aliphatic rings. The minimum Gasteiger partial charge on any atom is -0.309 e. The molecule has 0 bridgehead atoms. The molecule has 1 N–H and O–H groups in total. The molecule has 0 aromatic heterocycles. The van der Waals surface area contributed by atoms with Crippen molar-refractivity contribution in [2.45, 2.75) is 18.8 Å². The Bertz CT molecular complexity index is 451. The lowest BCUT2D eigenvalue weighted by molar-refractivity contribution is 0.601. The van der Waals surface area contributed by atoms with E-state index in [4.69, 9.17) is 0 Å². The smallest absolute Gasteiger partial charge is 0.151 e. The van der Waals surface area contributed by atoms with Gasteiger partial charge in [-0.3, -0.25) is 0 Å². The van der Waals surface area contributed by atoms with Crippen molar-refractivity contribution < 1.29 is 8.42 Å². The molecule has 3 nitrogen and oxygen atoms in total. The molecule has 0 fully saturated rings. The highest BCUT2D eigenvalue weighted by atomic mass is 32.2. The Kier molecular flexibility index (Phi) is 2.33. The maximum absolute atomic E-state index is 11.2. The van der Waals surface area contributed by atoms with Gasteiger partial charge in [-0.1, -0.05) is 18.2 Å². The van der Waals surface area contributed by atoms with Gasteiger partial charge in [-0.25, -0.2) is 8.42 Å². The van der Waals surface area contributed by atoms with E-state index in [1.54, 1.807) is 0 Å². The number of nitrogens with one attached hydrogen (secondary N) is 1. The molecule has 1 aromatic rings. The molecular formula is C10H13NO2S. The van der Waals surface area contributed by atoms with E-state index in [0.717, 1.165) is 24.2 Å². The topological polar surface area (TPSA) is 46.2 Å². The molecule has 4 heteroatoms. The van der Waals surface area contributed by atoms with Gasteiger partial charge in [0, 0.05) is 19.3 Å². The van der Waals surface area contributed by atoms with E-state index in [-0.39, 0.29) is 5.75 Å². The van der Waals surface area contributed by atoms with Crippen LogP contribution in [0.15, 0.2) is 18.2 Å². The lowest BCUT2D eigenvalue weighted by Gasteiger charge is -2.05. The predicted molar refractivity (Wildman–Crippen MR) is 55.5 cm³/mol. The van der Waals surface area contributed by atoms with Crippen LogP contribution in [0.1, 0.15) is 16.7 Å². The molecule has 76 valence electrons. The highest BCUT2D eigenvalue weighted by Gasteiger charge is 2.15.